The zero-order chi connectivity index (χ0) is 11.0. The number of rotatable bonds is 7. The van der Waals surface area contributed by atoms with E-state index in [0.717, 1.165) is 0 Å². The Bertz CT molecular complexity index is 221. The van der Waals surface area contributed by atoms with Crippen molar-refractivity contribution in [3.05, 3.63) is 24.3 Å². The average Bonchev–Trinajstić information content (AvgIpc) is 2.14. The average molecular weight is 200 g/mol. The van der Waals surface area contributed by atoms with Crippen molar-refractivity contribution >= 4 is 5.97 Å². The topological polar surface area (TPSA) is 37.3 Å². The molecular formula is C11H17FO2. The SMILES string of the molecule is C=CCC(C=C(CC)C(=O)O)CCF. The molecule has 3 heteroatoms. The quantitative estimate of drug-likeness (QED) is 0.506. The molecule has 0 aliphatic heterocycles. The number of carboxylic acids is 1. The lowest BCUT2D eigenvalue weighted by atomic mass is 9.98. The number of hydrogen-bond acceptors (Lipinski definition) is 1. The fraction of sp³-hybridized carbons (Fsp3) is 0.545. The smallest absolute Gasteiger partial charge is 0.331 e. The van der Waals surface area contributed by atoms with Crippen molar-refractivity contribution in [1.82, 2.24) is 0 Å². The Morgan fingerprint density at radius 1 is 1.64 bits per heavy atom. The van der Waals surface area contributed by atoms with E-state index in [4.69, 9.17) is 5.11 Å². The standard InChI is InChI=1S/C11H17FO2/c1-3-5-9(6-7-12)8-10(4-2)11(13)14/h3,8-9H,1,4-7H2,2H3,(H,13,14). The van der Waals surface area contributed by atoms with Crippen LogP contribution in [0.3, 0.4) is 0 Å². The van der Waals surface area contributed by atoms with Crippen molar-refractivity contribution in [2.75, 3.05) is 6.67 Å². The van der Waals surface area contributed by atoms with Crippen molar-refractivity contribution in [3.63, 3.8) is 0 Å². The first kappa shape index (κ1) is 12.9. The third kappa shape index (κ3) is 4.80. The number of halogens is 1. The summed E-state index contributed by atoms with van der Waals surface area (Å²) < 4.78 is 12.1. The first-order valence-electron chi connectivity index (χ1n) is 4.76. The first-order chi connectivity index (χ1) is 6.65. The Morgan fingerprint density at radius 2 is 2.29 bits per heavy atom. The lowest BCUT2D eigenvalue weighted by Gasteiger charge is -2.09. The van der Waals surface area contributed by atoms with Gasteiger partial charge >= 0.3 is 5.97 Å². The van der Waals surface area contributed by atoms with Gasteiger partial charge in [0.05, 0.1) is 6.67 Å². The van der Waals surface area contributed by atoms with Crippen LogP contribution in [0.5, 0.6) is 0 Å². The molecule has 80 valence electrons. The molecule has 0 aromatic rings. The van der Waals surface area contributed by atoms with Gasteiger partial charge in [0.1, 0.15) is 0 Å². The van der Waals surface area contributed by atoms with Crippen molar-refractivity contribution in [1.29, 1.82) is 0 Å². The fourth-order valence-corrected chi connectivity index (χ4v) is 1.25. The summed E-state index contributed by atoms with van der Waals surface area (Å²) in [5.74, 6) is -0.955. The maximum Gasteiger partial charge on any atom is 0.331 e. The van der Waals surface area contributed by atoms with E-state index in [1.54, 1.807) is 19.1 Å². The Kier molecular flexibility index (Phi) is 6.72. The minimum atomic E-state index is -0.916. The predicted octanol–water partition coefficient (Wildman–Crippen LogP) is 2.96. The van der Waals surface area contributed by atoms with Crippen molar-refractivity contribution < 1.29 is 14.3 Å². The molecule has 1 N–H and O–H groups in total. The second-order valence-corrected chi connectivity index (χ2v) is 3.11. The minimum absolute atomic E-state index is 0.0384. The molecule has 0 rings (SSSR count). The molecule has 0 fully saturated rings. The van der Waals surface area contributed by atoms with E-state index < -0.39 is 12.6 Å². The highest BCUT2D eigenvalue weighted by Gasteiger charge is 2.09. The van der Waals surface area contributed by atoms with Crippen LogP contribution in [0.4, 0.5) is 4.39 Å². The molecule has 0 aromatic carbocycles. The molecule has 1 unspecified atom stereocenters. The van der Waals surface area contributed by atoms with Gasteiger partial charge in [-0.1, -0.05) is 19.1 Å². The molecular weight excluding hydrogens is 183 g/mol. The highest BCUT2D eigenvalue weighted by Crippen LogP contribution is 2.15. The van der Waals surface area contributed by atoms with E-state index in [-0.39, 0.29) is 5.92 Å². The molecule has 1 atom stereocenters. The molecule has 0 radical (unpaired) electrons. The Balaban J connectivity index is 4.48. The van der Waals surface area contributed by atoms with E-state index in [0.29, 0.717) is 24.8 Å². The van der Waals surface area contributed by atoms with E-state index in [1.807, 2.05) is 0 Å². The summed E-state index contributed by atoms with van der Waals surface area (Å²) in [6.07, 6.45) is 4.79. The van der Waals surface area contributed by atoms with Gasteiger partial charge in [-0.25, -0.2) is 4.79 Å². The number of allylic oxidation sites excluding steroid dienone is 2. The van der Waals surface area contributed by atoms with Crippen LogP contribution in [0.1, 0.15) is 26.2 Å². The third-order valence-corrected chi connectivity index (χ3v) is 2.04. The van der Waals surface area contributed by atoms with Gasteiger partial charge in [0.15, 0.2) is 0 Å². The maximum absolute atomic E-state index is 12.1. The zero-order valence-electron chi connectivity index (χ0n) is 8.50. The monoisotopic (exact) mass is 200 g/mol. The van der Waals surface area contributed by atoms with E-state index in [2.05, 4.69) is 6.58 Å². The predicted molar refractivity (Wildman–Crippen MR) is 54.9 cm³/mol. The van der Waals surface area contributed by atoms with Crippen LogP contribution in [-0.2, 0) is 4.79 Å². The Hall–Kier alpha value is -1.12. The highest BCUT2D eigenvalue weighted by molar-refractivity contribution is 5.86. The number of carboxylic acid groups (broad SMARTS) is 1. The van der Waals surface area contributed by atoms with Crippen molar-refractivity contribution in [3.8, 4) is 0 Å². The van der Waals surface area contributed by atoms with Gasteiger partial charge in [0, 0.05) is 5.57 Å². The summed E-state index contributed by atoms with van der Waals surface area (Å²) in [6.45, 7) is 4.91. The molecule has 0 saturated carbocycles. The summed E-state index contributed by atoms with van der Waals surface area (Å²) in [4.78, 5) is 10.7. The summed E-state index contributed by atoms with van der Waals surface area (Å²) in [5.41, 5.74) is 0.352. The number of carbonyl (C=O) groups is 1. The van der Waals surface area contributed by atoms with E-state index >= 15 is 0 Å². The minimum Gasteiger partial charge on any atom is -0.478 e. The molecule has 0 amide bonds. The molecule has 0 saturated heterocycles. The normalized spacial score (nSPS) is 13.7. The van der Waals surface area contributed by atoms with E-state index in [9.17, 15) is 9.18 Å². The Labute approximate surface area is 84.1 Å². The summed E-state index contributed by atoms with van der Waals surface area (Å²) in [5, 5.41) is 8.77. The molecule has 0 aliphatic carbocycles. The maximum atomic E-state index is 12.1. The molecule has 0 bridgehead atoms. The van der Waals surface area contributed by atoms with Crippen molar-refractivity contribution in [2.24, 2.45) is 5.92 Å². The summed E-state index contributed by atoms with van der Waals surface area (Å²) >= 11 is 0. The molecule has 0 aromatic heterocycles. The molecule has 2 nitrogen and oxygen atoms in total. The summed E-state index contributed by atoms with van der Waals surface area (Å²) in [6, 6.07) is 0. The molecule has 0 spiro atoms. The number of hydrogen-bond donors (Lipinski definition) is 1. The largest absolute Gasteiger partial charge is 0.478 e. The van der Waals surface area contributed by atoms with Crippen LogP contribution < -0.4 is 0 Å². The van der Waals surface area contributed by atoms with Gasteiger partial charge in [-0.15, -0.1) is 6.58 Å². The number of aliphatic carboxylic acids is 1. The second kappa shape index (κ2) is 7.30. The molecule has 0 aliphatic rings. The summed E-state index contributed by atoms with van der Waals surface area (Å²) in [7, 11) is 0. The van der Waals surface area contributed by atoms with Crippen LogP contribution >= 0.6 is 0 Å². The van der Waals surface area contributed by atoms with Gasteiger partial charge < -0.3 is 5.11 Å². The van der Waals surface area contributed by atoms with Crippen molar-refractivity contribution in [2.45, 2.75) is 26.2 Å². The molecule has 0 heterocycles. The van der Waals surface area contributed by atoms with Crippen LogP contribution in [0.2, 0.25) is 0 Å². The van der Waals surface area contributed by atoms with E-state index in [1.165, 1.54) is 0 Å². The lowest BCUT2D eigenvalue weighted by Crippen LogP contribution is -2.04. The zero-order valence-corrected chi connectivity index (χ0v) is 8.50. The van der Waals surface area contributed by atoms with Gasteiger partial charge in [-0.2, -0.15) is 0 Å². The van der Waals surface area contributed by atoms with Crippen LogP contribution in [-0.4, -0.2) is 17.8 Å². The fourth-order valence-electron chi connectivity index (χ4n) is 1.25. The van der Waals surface area contributed by atoms with Crippen LogP contribution in [0.25, 0.3) is 0 Å². The lowest BCUT2D eigenvalue weighted by molar-refractivity contribution is -0.132. The second-order valence-electron chi connectivity index (χ2n) is 3.11. The van der Waals surface area contributed by atoms with Gasteiger partial charge in [-0.05, 0) is 25.2 Å². The first-order valence-corrected chi connectivity index (χ1v) is 4.76. The van der Waals surface area contributed by atoms with Gasteiger partial charge in [0.25, 0.3) is 0 Å². The van der Waals surface area contributed by atoms with Crippen LogP contribution in [0, 0.1) is 5.92 Å². The van der Waals surface area contributed by atoms with Gasteiger partial charge in [-0.3, -0.25) is 4.39 Å². The highest BCUT2D eigenvalue weighted by atomic mass is 19.1. The Morgan fingerprint density at radius 3 is 2.64 bits per heavy atom. The van der Waals surface area contributed by atoms with Crippen LogP contribution in [0.15, 0.2) is 24.3 Å². The molecule has 14 heavy (non-hydrogen) atoms. The number of alkyl halides is 1. The van der Waals surface area contributed by atoms with Gasteiger partial charge in [0.2, 0.25) is 0 Å². The third-order valence-electron chi connectivity index (χ3n) is 2.04.